The quantitative estimate of drug-likeness (QED) is 0.433. The average Bonchev–Trinajstić information content (AvgIpc) is 2.75. The minimum atomic E-state index is 1.09. The van der Waals surface area contributed by atoms with E-state index in [1.165, 1.54) is 46.2 Å². The lowest BCUT2D eigenvalue weighted by molar-refractivity contribution is 0.484. The van der Waals surface area contributed by atoms with E-state index in [0.29, 0.717) is 0 Å². The van der Waals surface area contributed by atoms with Gasteiger partial charge in [0.05, 0.1) is 22.3 Å². The minimum absolute atomic E-state index is 1.09. The van der Waals surface area contributed by atoms with Crippen LogP contribution in [0.15, 0.2) is 71.1 Å². The minimum Gasteiger partial charge on any atom is -0.207 e. The topological polar surface area (TPSA) is 11.3 Å². The van der Waals surface area contributed by atoms with Gasteiger partial charge in [0.2, 0.25) is 0 Å². The molecule has 0 saturated heterocycles. The largest absolute Gasteiger partial charge is 0.359 e. The summed E-state index contributed by atoms with van der Waals surface area (Å²) in [6.45, 7) is 0. The SMILES string of the molecule is C(=C1/CCCc2cc3c([o+]c21)/C(=C/c1ccccc1)CCC3)/c1ccccc1. The number of benzene rings is 2. The van der Waals surface area contributed by atoms with Gasteiger partial charge in [-0.25, -0.2) is 4.42 Å². The molecule has 1 heterocycles. The second-order valence-electron chi connectivity index (χ2n) is 7.82. The number of rotatable bonds is 2. The number of allylic oxidation sites excluding steroid dienone is 2. The second kappa shape index (κ2) is 7.59. The summed E-state index contributed by atoms with van der Waals surface area (Å²) in [5, 5.41) is 0. The lowest BCUT2D eigenvalue weighted by Gasteiger charge is -2.16. The third-order valence-corrected chi connectivity index (χ3v) is 5.78. The molecule has 0 N–H and O–H groups in total. The molecule has 2 aliphatic carbocycles. The predicted octanol–water partition coefficient (Wildman–Crippen LogP) is 7.31. The molecule has 138 valence electrons. The van der Waals surface area contributed by atoms with Gasteiger partial charge in [0.1, 0.15) is 0 Å². The first-order valence-electron chi connectivity index (χ1n) is 10.4. The molecule has 0 saturated carbocycles. The average molecular weight is 365 g/mol. The molecule has 0 radical (unpaired) electrons. The van der Waals surface area contributed by atoms with E-state index in [9.17, 15) is 0 Å². The van der Waals surface area contributed by atoms with Gasteiger partial charge in [-0.15, -0.1) is 0 Å². The molecule has 2 aromatic carbocycles. The van der Waals surface area contributed by atoms with Crippen LogP contribution in [0.25, 0.3) is 23.3 Å². The molecule has 1 nitrogen and oxygen atoms in total. The molecule has 1 heteroatoms. The van der Waals surface area contributed by atoms with Crippen molar-refractivity contribution in [2.45, 2.75) is 38.5 Å². The summed E-state index contributed by atoms with van der Waals surface area (Å²) >= 11 is 0. The zero-order valence-corrected chi connectivity index (χ0v) is 16.2. The Balaban J connectivity index is 1.60. The maximum Gasteiger partial charge on any atom is 0.359 e. The van der Waals surface area contributed by atoms with Crippen molar-refractivity contribution in [1.82, 2.24) is 0 Å². The van der Waals surface area contributed by atoms with Crippen LogP contribution in [0.4, 0.5) is 0 Å². The van der Waals surface area contributed by atoms with E-state index in [1.807, 2.05) is 0 Å². The summed E-state index contributed by atoms with van der Waals surface area (Å²) in [4.78, 5) is 0. The van der Waals surface area contributed by atoms with Crippen LogP contribution in [0.3, 0.4) is 0 Å². The molecule has 0 amide bonds. The molecular formula is C27H25O+. The Kier molecular flexibility index (Phi) is 4.66. The van der Waals surface area contributed by atoms with Gasteiger partial charge in [-0.3, -0.25) is 0 Å². The van der Waals surface area contributed by atoms with Crippen LogP contribution in [0.5, 0.6) is 0 Å². The third kappa shape index (κ3) is 3.45. The Morgan fingerprint density at radius 3 is 1.50 bits per heavy atom. The van der Waals surface area contributed by atoms with Gasteiger partial charge in [0.25, 0.3) is 0 Å². The van der Waals surface area contributed by atoms with Crippen LogP contribution < -0.4 is 0 Å². The van der Waals surface area contributed by atoms with Crippen LogP contribution >= 0.6 is 0 Å². The number of hydrogen-bond donors (Lipinski definition) is 0. The van der Waals surface area contributed by atoms with Crippen molar-refractivity contribution >= 4 is 23.3 Å². The van der Waals surface area contributed by atoms with E-state index in [0.717, 1.165) is 37.2 Å². The third-order valence-electron chi connectivity index (χ3n) is 5.78. The van der Waals surface area contributed by atoms with Crippen LogP contribution in [0.1, 0.15) is 59.5 Å². The standard InChI is InChI=1S/C27H25O/c1-3-9-20(10-4-1)17-22-13-7-15-24-19-25-16-8-14-23(27(25)28-26(22)24)18-21-11-5-2-6-12-21/h1-6,9-12,17-19H,7-8,13-16H2/q+1/b22-17+,23-18+. The summed E-state index contributed by atoms with van der Waals surface area (Å²) in [7, 11) is 0. The zero-order chi connectivity index (χ0) is 18.8. The Morgan fingerprint density at radius 1 is 0.571 bits per heavy atom. The van der Waals surface area contributed by atoms with Crippen molar-refractivity contribution < 1.29 is 4.42 Å². The maximum atomic E-state index is 6.66. The van der Waals surface area contributed by atoms with Crippen molar-refractivity contribution in [2.75, 3.05) is 0 Å². The molecule has 2 aliphatic rings. The van der Waals surface area contributed by atoms with E-state index in [2.05, 4.69) is 78.9 Å². The molecule has 0 bridgehead atoms. The summed E-state index contributed by atoms with van der Waals surface area (Å²) in [6.07, 6.45) is 11.4. The summed E-state index contributed by atoms with van der Waals surface area (Å²) in [5.41, 5.74) is 7.93. The van der Waals surface area contributed by atoms with Crippen molar-refractivity contribution in [1.29, 1.82) is 0 Å². The molecule has 0 fully saturated rings. The molecular weight excluding hydrogens is 340 g/mol. The monoisotopic (exact) mass is 365 g/mol. The van der Waals surface area contributed by atoms with Gasteiger partial charge < -0.3 is 0 Å². The van der Waals surface area contributed by atoms with Crippen molar-refractivity contribution in [3.05, 3.63) is 101 Å². The van der Waals surface area contributed by atoms with E-state index >= 15 is 0 Å². The highest BCUT2D eigenvalue weighted by Gasteiger charge is 2.33. The highest BCUT2D eigenvalue weighted by molar-refractivity contribution is 5.84. The highest BCUT2D eigenvalue weighted by Crippen LogP contribution is 2.39. The van der Waals surface area contributed by atoms with Gasteiger partial charge in [-0.05, 0) is 67.9 Å². The Bertz CT molecular complexity index is 960. The van der Waals surface area contributed by atoms with E-state index < -0.39 is 0 Å². The molecule has 1 aromatic heterocycles. The molecule has 0 atom stereocenters. The number of aryl methyl sites for hydroxylation is 2. The van der Waals surface area contributed by atoms with Crippen LogP contribution in [-0.4, -0.2) is 0 Å². The van der Waals surface area contributed by atoms with Crippen LogP contribution in [-0.2, 0) is 12.8 Å². The van der Waals surface area contributed by atoms with Crippen LogP contribution in [0.2, 0.25) is 0 Å². The van der Waals surface area contributed by atoms with Gasteiger partial charge in [-0.1, -0.05) is 60.7 Å². The van der Waals surface area contributed by atoms with Gasteiger partial charge in [0, 0.05) is 0 Å². The summed E-state index contributed by atoms with van der Waals surface area (Å²) in [6, 6.07) is 23.6. The second-order valence-corrected chi connectivity index (χ2v) is 7.82. The summed E-state index contributed by atoms with van der Waals surface area (Å²) < 4.78 is 6.66. The van der Waals surface area contributed by atoms with E-state index in [-0.39, 0.29) is 0 Å². The van der Waals surface area contributed by atoms with Crippen molar-refractivity contribution in [2.24, 2.45) is 0 Å². The van der Waals surface area contributed by atoms with E-state index in [4.69, 9.17) is 4.42 Å². The maximum absolute atomic E-state index is 6.66. The van der Waals surface area contributed by atoms with E-state index in [1.54, 1.807) is 0 Å². The predicted molar refractivity (Wildman–Crippen MR) is 118 cm³/mol. The Labute approximate surface area is 167 Å². The number of fused-ring (bicyclic) bond motifs is 2. The van der Waals surface area contributed by atoms with Crippen molar-refractivity contribution in [3.63, 3.8) is 0 Å². The molecule has 0 unspecified atom stereocenters. The molecule has 0 spiro atoms. The summed E-state index contributed by atoms with van der Waals surface area (Å²) in [5.74, 6) is 2.21. The van der Waals surface area contributed by atoms with Crippen molar-refractivity contribution in [3.8, 4) is 0 Å². The smallest absolute Gasteiger partial charge is 0.207 e. The molecule has 3 aromatic rings. The molecule has 28 heavy (non-hydrogen) atoms. The number of hydrogen-bond acceptors (Lipinski definition) is 0. The first kappa shape index (κ1) is 17.2. The lowest BCUT2D eigenvalue weighted by atomic mass is 9.86. The zero-order valence-electron chi connectivity index (χ0n) is 16.2. The Morgan fingerprint density at radius 2 is 1.04 bits per heavy atom. The Hall–Kier alpha value is -2.93. The lowest BCUT2D eigenvalue weighted by Crippen LogP contribution is -2.09. The molecule has 0 aliphatic heterocycles. The fourth-order valence-corrected chi connectivity index (χ4v) is 4.43. The highest BCUT2D eigenvalue weighted by atomic mass is 16.3. The first-order valence-corrected chi connectivity index (χ1v) is 10.4. The first-order chi connectivity index (χ1) is 13.9. The van der Waals surface area contributed by atoms with Crippen LogP contribution in [0, 0.1) is 0 Å². The van der Waals surface area contributed by atoms with Gasteiger partial charge in [-0.2, -0.15) is 0 Å². The fourth-order valence-electron chi connectivity index (χ4n) is 4.43. The normalized spacial score (nSPS) is 18.7. The van der Waals surface area contributed by atoms with Gasteiger partial charge in [0.15, 0.2) is 0 Å². The fraction of sp³-hybridized carbons (Fsp3) is 0.222. The molecule has 5 rings (SSSR count). The van der Waals surface area contributed by atoms with Gasteiger partial charge >= 0.3 is 11.5 Å².